The van der Waals surface area contributed by atoms with Crippen LogP contribution in [-0.4, -0.2) is 30.1 Å². The minimum Gasteiger partial charge on any atom is -0.314 e. The van der Waals surface area contributed by atoms with Gasteiger partial charge >= 0.3 is 0 Å². The van der Waals surface area contributed by atoms with E-state index >= 15 is 0 Å². The molecule has 0 saturated carbocycles. The van der Waals surface area contributed by atoms with Crippen LogP contribution in [0.2, 0.25) is 0 Å². The Morgan fingerprint density at radius 1 is 1.25 bits per heavy atom. The van der Waals surface area contributed by atoms with Gasteiger partial charge in [-0.2, -0.15) is 0 Å². The smallest absolute Gasteiger partial charge is 0.0348 e. The van der Waals surface area contributed by atoms with Crippen LogP contribution in [0.4, 0.5) is 0 Å². The molecule has 20 heavy (non-hydrogen) atoms. The molecule has 0 aromatic heterocycles. The van der Waals surface area contributed by atoms with Gasteiger partial charge in [-0.25, -0.2) is 0 Å². The molecule has 1 fully saturated rings. The van der Waals surface area contributed by atoms with Crippen molar-refractivity contribution in [2.24, 2.45) is 0 Å². The predicted octanol–water partition coefficient (Wildman–Crippen LogP) is 3.99. The Labute approximate surface area is 124 Å². The lowest BCUT2D eigenvalue weighted by atomic mass is 9.93. The van der Waals surface area contributed by atoms with Gasteiger partial charge in [0.05, 0.1) is 0 Å². The summed E-state index contributed by atoms with van der Waals surface area (Å²) in [6.07, 6.45) is 4.99. The first-order valence-corrected chi connectivity index (χ1v) is 8.30. The normalized spacial score (nSPS) is 25.6. The molecule has 1 aromatic carbocycles. The first-order valence-electron chi connectivity index (χ1n) is 8.30. The fourth-order valence-corrected chi connectivity index (χ4v) is 3.52. The van der Waals surface area contributed by atoms with E-state index in [0.29, 0.717) is 12.1 Å². The van der Waals surface area contributed by atoms with Crippen LogP contribution >= 0.6 is 0 Å². The van der Waals surface area contributed by atoms with Gasteiger partial charge in [-0.05, 0) is 44.7 Å². The summed E-state index contributed by atoms with van der Waals surface area (Å²) in [5.74, 6) is 0. The Hall–Kier alpha value is -0.860. The van der Waals surface area contributed by atoms with Crippen molar-refractivity contribution < 1.29 is 0 Å². The summed E-state index contributed by atoms with van der Waals surface area (Å²) in [7, 11) is 0. The van der Waals surface area contributed by atoms with Crippen molar-refractivity contribution in [3.8, 4) is 0 Å². The molecule has 1 saturated heterocycles. The average molecular weight is 274 g/mol. The van der Waals surface area contributed by atoms with E-state index in [-0.39, 0.29) is 0 Å². The van der Waals surface area contributed by atoms with Crippen LogP contribution in [0.25, 0.3) is 0 Å². The largest absolute Gasteiger partial charge is 0.314 e. The van der Waals surface area contributed by atoms with Crippen LogP contribution < -0.4 is 5.32 Å². The van der Waals surface area contributed by atoms with E-state index in [0.717, 1.165) is 12.6 Å². The molecule has 0 bridgehead atoms. The van der Waals surface area contributed by atoms with Gasteiger partial charge in [-0.3, -0.25) is 4.90 Å². The van der Waals surface area contributed by atoms with Gasteiger partial charge in [0.1, 0.15) is 0 Å². The van der Waals surface area contributed by atoms with Gasteiger partial charge in [0.25, 0.3) is 0 Å². The summed E-state index contributed by atoms with van der Waals surface area (Å²) < 4.78 is 0. The lowest BCUT2D eigenvalue weighted by molar-refractivity contribution is 0.0850. The van der Waals surface area contributed by atoms with Crippen molar-refractivity contribution in [1.82, 2.24) is 10.2 Å². The van der Waals surface area contributed by atoms with Crippen LogP contribution in [0.1, 0.15) is 58.1 Å². The zero-order valence-corrected chi connectivity index (χ0v) is 13.3. The summed E-state index contributed by atoms with van der Waals surface area (Å²) in [6.45, 7) is 9.33. The minimum atomic E-state index is 0.582. The standard InChI is InChI=1S/C18H30N2/c1-4-12-19-17-11-13-20(15(3)14-17)18(5-2)16-9-7-6-8-10-16/h6-10,15,17-19H,4-5,11-14H2,1-3H3. The molecule has 2 rings (SSSR count). The zero-order chi connectivity index (χ0) is 14.4. The Morgan fingerprint density at radius 2 is 2.00 bits per heavy atom. The van der Waals surface area contributed by atoms with E-state index < -0.39 is 0 Å². The van der Waals surface area contributed by atoms with Crippen molar-refractivity contribution >= 4 is 0 Å². The predicted molar refractivity (Wildman–Crippen MR) is 87.0 cm³/mol. The average Bonchev–Trinajstić information content (AvgIpc) is 2.49. The number of rotatable bonds is 6. The number of hydrogen-bond donors (Lipinski definition) is 1. The van der Waals surface area contributed by atoms with Crippen molar-refractivity contribution in [2.75, 3.05) is 13.1 Å². The highest BCUT2D eigenvalue weighted by atomic mass is 15.2. The van der Waals surface area contributed by atoms with Crippen molar-refractivity contribution in [3.63, 3.8) is 0 Å². The highest BCUT2D eigenvalue weighted by Gasteiger charge is 2.29. The molecule has 1 N–H and O–H groups in total. The van der Waals surface area contributed by atoms with Gasteiger partial charge < -0.3 is 5.32 Å². The fraction of sp³-hybridized carbons (Fsp3) is 0.667. The van der Waals surface area contributed by atoms with E-state index in [1.54, 1.807) is 0 Å². The van der Waals surface area contributed by atoms with Crippen LogP contribution in [-0.2, 0) is 0 Å². The second-order valence-corrected chi connectivity index (χ2v) is 6.10. The van der Waals surface area contributed by atoms with Gasteiger partial charge in [-0.1, -0.05) is 44.2 Å². The number of nitrogens with one attached hydrogen (secondary N) is 1. The Kier molecular flexibility index (Phi) is 6.06. The molecule has 1 aromatic rings. The van der Waals surface area contributed by atoms with Crippen LogP contribution in [0.15, 0.2) is 30.3 Å². The van der Waals surface area contributed by atoms with Crippen molar-refractivity contribution in [1.29, 1.82) is 0 Å². The van der Waals surface area contributed by atoms with Crippen LogP contribution in [0.5, 0.6) is 0 Å². The molecule has 3 unspecified atom stereocenters. The molecule has 0 spiro atoms. The lowest BCUT2D eigenvalue weighted by Crippen LogP contribution is -2.48. The van der Waals surface area contributed by atoms with E-state index in [9.17, 15) is 0 Å². The third-order valence-corrected chi connectivity index (χ3v) is 4.58. The third kappa shape index (κ3) is 3.83. The van der Waals surface area contributed by atoms with Crippen molar-refractivity contribution in [3.05, 3.63) is 35.9 Å². The van der Waals surface area contributed by atoms with E-state index in [1.807, 2.05) is 0 Å². The summed E-state index contributed by atoms with van der Waals surface area (Å²) in [5, 5.41) is 3.69. The number of piperidine rings is 1. The van der Waals surface area contributed by atoms with Gasteiger partial charge in [0, 0.05) is 24.7 Å². The maximum atomic E-state index is 3.69. The molecule has 112 valence electrons. The molecule has 1 aliphatic heterocycles. The molecular weight excluding hydrogens is 244 g/mol. The molecule has 3 atom stereocenters. The summed E-state index contributed by atoms with van der Waals surface area (Å²) in [5.41, 5.74) is 1.47. The first-order chi connectivity index (χ1) is 9.76. The van der Waals surface area contributed by atoms with Gasteiger partial charge in [0.2, 0.25) is 0 Å². The fourth-order valence-electron chi connectivity index (χ4n) is 3.52. The second-order valence-electron chi connectivity index (χ2n) is 6.10. The lowest BCUT2D eigenvalue weighted by Gasteiger charge is -2.42. The SMILES string of the molecule is CCCNC1CCN(C(CC)c2ccccc2)C(C)C1. The third-order valence-electron chi connectivity index (χ3n) is 4.58. The Balaban J connectivity index is 1.98. The molecule has 1 aliphatic rings. The Bertz CT molecular complexity index is 376. The number of benzene rings is 1. The zero-order valence-electron chi connectivity index (χ0n) is 13.3. The number of nitrogens with zero attached hydrogens (tertiary/aromatic N) is 1. The Morgan fingerprint density at radius 3 is 2.60 bits per heavy atom. The molecule has 0 amide bonds. The second kappa shape index (κ2) is 7.80. The van der Waals surface area contributed by atoms with Crippen LogP contribution in [0, 0.1) is 0 Å². The van der Waals surface area contributed by atoms with Gasteiger partial charge in [0.15, 0.2) is 0 Å². The quantitative estimate of drug-likeness (QED) is 0.844. The molecule has 2 heteroatoms. The highest BCUT2D eigenvalue weighted by Crippen LogP contribution is 2.30. The minimum absolute atomic E-state index is 0.582. The maximum absolute atomic E-state index is 3.69. The molecule has 0 radical (unpaired) electrons. The highest BCUT2D eigenvalue weighted by molar-refractivity contribution is 5.19. The molecule has 1 heterocycles. The number of likely N-dealkylation sites (tertiary alicyclic amines) is 1. The van der Waals surface area contributed by atoms with E-state index in [4.69, 9.17) is 0 Å². The molecule has 2 nitrogen and oxygen atoms in total. The summed E-state index contributed by atoms with van der Waals surface area (Å²) >= 11 is 0. The van der Waals surface area contributed by atoms with E-state index in [2.05, 4.69) is 61.3 Å². The monoisotopic (exact) mass is 274 g/mol. The molecule has 0 aliphatic carbocycles. The number of hydrogen-bond acceptors (Lipinski definition) is 2. The summed E-state index contributed by atoms with van der Waals surface area (Å²) in [6, 6.07) is 13.0. The first kappa shape index (κ1) is 15.5. The maximum Gasteiger partial charge on any atom is 0.0348 e. The van der Waals surface area contributed by atoms with E-state index in [1.165, 1.54) is 37.8 Å². The summed E-state index contributed by atoms with van der Waals surface area (Å²) in [4.78, 5) is 2.71. The molecular formula is C18H30N2. The van der Waals surface area contributed by atoms with Crippen molar-refractivity contribution in [2.45, 2.75) is 64.6 Å². The van der Waals surface area contributed by atoms with Gasteiger partial charge in [-0.15, -0.1) is 0 Å². The topological polar surface area (TPSA) is 15.3 Å². The van der Waals surface area contributed by atoms with Crippen LogP contribution in [0.3, 0.4) is 0 Å².